The second-order valence-electron chi connectivity index (χ2n) is 5.14. The molecule has 0 aromatic heterocycles. The van der Waals surface area contributed by atoms with Crippen LogP contribution in [-0.4, -0.2) is 35.4 Å². The van der Waals surface area contributed by atoms with Gasteiger partial charge >= 0.3 is 0 Å². The lowest BCUT2D eigenvalue weighted by atomic mass is 9.92. The molecule has 0 bridgehead atoms. The molecule has 4 nitrogen and oxygen atoms in total. The Balaban J connectivity index is 1.72. The summed E-state index contributed by atoms with van der Waals surface area (Å²) in [5, 5.41) is 0. The number of benzene rings is 1. The molecular formula is C15H17N3O. The van der Waals surface area contributed by atoms with Crippen LogP contribution in [-0.2, 0) is 11.3 Å². The van der Waals surface area contributed by atoms with Gasteiger partial charge in [-0.25, -0.2) is 4.99 Å². The molecular weight excluding hydrogens is 238 g/mol. The predicted molar refractivity (Wildman–Crippen MR) is 75.4 cm³/mol. The highest BCUT2D eigenvalue weighted by Gasteiger charge is 2.32. The highest BCUT2D eigenvalue weighted by Crippen LogP contribution is 2.21. The second kappa shape index (κ2) is 5.05. The molecule has 2 aliphatic heterocycles. The number of hydrogen-bond acceptors (Lipinski definition) is 3. The first-order chi connectivity index (χ1) is 9.22. The van der Waals surface area contributed by atoms with Gasteiger partial charge in [-0.1, -0.05) is 30.3 Å². The van der Waals surface area contributed by atoms with E-state index in [1.165, 1.54) is 5.56 Å². The standard InChI is InChI=1S/C15H17N3O/c1-11-16-14-10-18(8-7-13(14)15(19)17-11)9-12-5-3-2-4-6-12/h2-6,13H,7-10H2,1H3/t13-/m0/s1. The van der Waals surface area contributed by atoms with Crippen LogP contribution in [0.2, 0.25) is 0 Å². The van der Waals surface area contributed by atoms with E-state index in [4.69, 9.17) is 0 Å². The molecule has 1 saturated heterocycles. The summed E-state index contributed by atoms with van der Waals surface area (Å²) < 4.78 is 0. The fourth-order valence-corrected chi connectivity index (χ4v) is 2.72. The van der Waals surface area contributed by atoms with Gasteiger partial charge in [-0.05, 0) is 18.9 Å². The van der Waals surface area contributed by atoms with Crippen LogP contribution >= 0.6 is 0 Å². The van der Waals surface area contributed by atoms with Gasteiger partial charge in [0.15, 0.2) is 0 Å². The summed E-state index contributed by atoms with van der Waals surface area (Å²) in [5.74, 6) is 0.510. The van der Waals surface area contributed by atoms with E-state index in [0.29, 0.717) is 5.84 Å². The lowest BCUT2D eigenvalue weighted by molar-refractivity contribution is -0.120. The Kier molecular flexibility index (Phi) is 3.25. The van der Waals surface area contributed by atoms with Crippen LogP contribution in [0.4, 0.5) is 0 Å². The van der Waals surface area contributed by atoms with E-state index < -0.39 is 0 Å². The van der Waals surface area contributed by atoms with E-state index in [9.17, 15) is 4.79 Å². The summed E-state index contributed by atoms with van der Waals surface area (Å²) in [6.07, 6.45) is 0.835. The minimum atomic E-state index is -0.0734. The average molecular weight is 255 g/mol. The molecule has 0 saturated carbocycles. The molecule has 1 atom stereocenters. The van der Waals surface area contributed by atoms with E-state index in [1.54, 1.807) is 6.92 Å². The van der Waals surface area contributed by atoms with Crippen molar-refractivity contribution in [2.75, 3.05) is 13.1 Å². The Morgan fingerprint density at radius 3 is 2.84 bits per heavy atom. The number of carbonyl (C=O) groups excluding carboxylic acids is 1. The lowest BCUT2D eigenvalue weighted by Crippen LogP contribution is -2.44. The highest BCUT2D eigenvalue weighted by atomic mass is 16.1. The summed E-state index contributed by atoms with van der Waals surface area (Å²) in [4.78, 5) is 22.6. The third-order valence-electron chi connectivity index (χ3n) is 3.65. The third kappa shape index (κ3) is 2.63. The number of carbonyl (C=O) groups is 1. The first kappa shape index (κ1) is 12.2. The van der Waals surface area contributed by atoms with Crippen molar-refractivity contribution in [1.29, 1.82) is 0 Å². The van der Waals surface area contributed by atoms with Gasteiger partial charge in [0.25, 0.3) is 5.91 Å². The number of hydrogen-bond donors (Lipinski definition) is 0. The lowest BCUT2D eigenvalue weighted by Gasteiger charge is -2.33. The van der Waals surface area contributed by atoms with E-state index in [1.807, 2.05) is 6.07 Å². The second-order valence-corrected chi connectivity index (χ2v) is 5.14. The molecule has 1 amide bonds. The number of fused-ring (bicyclic) bond motifs is 1. The molecule has 2 aliphatic rings. The number of aliphatic imine (C=N–C) groups is 2. The molecule has 0 N–H and O–H groups in total. The van der Waals surface area contributed by atoms with Crippen LogP contribution in [0.1, 0.15) is 18.9 Å². The SMILES string of the molecule is CC1=NC(=O)[C@H]2CCN(Cc3ccccc3)CC2=N1. The Bertz CT molecular complexity index is 548. The molecule has 3 rings (SSSR count). The smallest absolute Gasteiger partial charge is 0.256 e. The van der Waals surface area contributed by atoms with Gasteiger partial charge in [-0.2, -0.15) is 4.99 Å². The van der Waals surface area contributed by atoms with E-state index in [-0.39, 0.29) is 11.8 Å². The van der Waals surface area contributed by atoms with Crippen molar-refractivity contribution in [3.05, 3.63) is 35.9 Å². The highest BCUT2D eigenvalue weighted by molar-refractivity contribution is 6.16. The molecule has 0 unspecified atom stereocenters. The maximum absolute atomic E-state index is 11.8. The van der Waals surface area contributed by atoms with Crippen LogP contribution in [0.5, 0.6) is 0 Å². The molecule has 1 fully saturated rings. The number of likely N-dealkylation sites (tertiary alicyclic amines) is 1. The van der Waals surface area contributed by atoms with E-state index in [2.05, 4.69) is 39.2 Å². The van der Waals surface area contributed by atoms with Crippen LogP contribution in [0.3, 0.4) is 0 Å². The largest absolute Gasteiger partial charge is 0.294 e. The van der Waals surface area contributed by atoms with Crippen molar-refractivity contribution in [2.45, 2.75) is 19.9 Å². The minimum Gasteiger partial charge on any atom is -0.294 e. The maximum atomic E-state index is 11.8. The molecule has 4 heteroatoms. The van der Waals surface area contributed by atoms with Gasteiger partial charge in [-0.3, -0.25) is 9.69 Å². The van der Waals surface area contributed by atoms with Gasteiger partial charge in [0.1, 0.15) is 5.84 Å². The van der Waals surface area contributed by atoms with Gasteiger partial charge in [0, 0.05) is 25.3 Å². The fraction of sp³-hybridized carbons (Fsp3) is 0.400. The Morgan fingerprint density at radius 1 is 1.26 bits per heavy atom. The van der Waals surface area contributed by atoms with Crippen LogP contribution in [0.25, 0.3) is 0 Å². The molecule has 0 aliphatic carbocycles. The molecule has 2 heterocycles. The average Bonchev–Trinajstić information content (AvgIpc) is 2.39. The van der Waals surface area contributed by atoms with Gasteiger partial charge in [0.05, 0.1) is 5.92 Å². The predicted octanol–water partition coefficient (Wildman–Crippen LogP) is 1.91. The van der Waals surface area contributed by atoms with Gasteiger partial charge in [-0.15, -0.1) is 0 Å². The van der Waals surface area contributed by atoms with Gasteiger partial charge < -0.3 is 0 Å². The molecule has 0 spiro atoms. The van der Waals surface area contributed by atoms with Crippen molar-refractivity contribution < 1.29 is 4.79 Å². The number of nitrogens with zero attached hydrogens (tertiary/aromatic N) is 3. The quantitative estimate of drug-likeness (QED) is 0.810. The first-order valence-corrected chi connectivity index (χ1v) is 6.65. The Morgan fingerprint density at radius 2 is 2.05 bits per heavy atom. The van der Waals surface area contributed by atoms with Crippen LogP contribution in [0.15, 0.2) is 40.3 Å². The van der Waals surface area contributed by atoms with Crippen molar-refractivity contribution in [3.8, 4) is 0 Å². The maximum Gasteiger partial charge on any atom is 0.256 e. The van der Waals surface area contributed by atoms with E-state index in [0.717, 1.165) is 31.8 Å². The molecule has 0 radical (unpaired) electrons. The summed E-state index contributed by atoms with van der Waals surface area (Å²) in [7, 11) is 0. The summed E-state index contributed by atoms with van der Waals surface area (Å²) in [6.45, 7) is 4.41. The zero-order valence-electron chi connectivity index (χ0n) is 11.0. The van der Waals surface area contributed by atoms with Crippen molar-refractivity contribution >= 4 is 17.5 Å². The molecule has 98 valence electrons. The number of piperidine rings is 1. The summed E-state index contributed by atoms with van der Waals surface area (Å²) >= 11 is 0. The molecule has 19 heavy (non-hydrogen) atoms. The van der Waals surface area contributed by atoms with Crippen LogP contribution < -0.4 is 0 Å². The monoisotopic (exact) mass is 255 g/mol. The normalized spacial score (nSPS) is 23.6. The Labute approximate surface area is 112 Å². The Hall–Kier alpha value is -1.81. The first-order valence-electron chi connectivity index (χ1n) is 6.65. The van der Waals surface area contributed by atoms with Crippen molar-refractivity contribution in [1.82, 2.24) is 4.90 Å². The number of rotatable bonds is 2. The van der Waals surface area contributed by atoms with Crippen LogP contribution in [0, 0.1) is 5.92 Å². The molecule has 1 aromatic rings. The topological polar surface area (TPSA) is 45.0 Å². The minimum absolute atomic E-state index is 0.0122. The molecule has 1 aromatic carbocycles. The van der Waals surface area contributed by atoms with Crippen molar-refractivity contribution in [3.63, 3.8) is 0 Å². The van der Waals surface area contributed by atoms with Crippen molar-refractivity contribution in [2.24, 2.45) is 15.9 Å². The third-order valence-corrected chi connectivity index (χ3v) is 3.65. The zero-order chi connectivity index (χ0) is 13.2. The number of amidine groups is 1. The fourth-order valence-electron chi connectivity index (χ4n) is 2.72. The van der Waals surface area contributed by atoms with Gasteiger partial charge in [0.2, 0.25) is 0 Å². The number of amides is 1. The summed E-state index contributed by atoms with van der Waals surface area (Å²) in [5.41, 5.74) is 2.29. The van der Waals surface area contributed by atoms with E-state index >= 15 is 0 Å². The zero-order valence-corrected chi connectivity index (χ0v) is 11.0. The summed E-state index contributed by atoms with van der Waals surface area (Å²) in [6, 6.07) is 10.4.